The molecular weight excluding hydrogens is 192 g/mol. The summed E-state index contributed by atoms with van der Waals surface area (Å²) in [5, 5.41) is 0. The average molecular weight is 226 g/mol. The molecule has 16 heavy (non-hydrogen) atoms. The van der Waals surface area contributed by atoms with E-state index in [4.69, 9.17) is 0 Å². The summed E-state index contributed by atoms with van der Waals surface area (Å²) in [6.45, 7) is 19.1. The van der Waals surface area contributed by atoms with E-state index in [2.05, 4.69) is 55.4 Å². The van der Waals surface area contributed by atoms with Gasteiger partial charge < -0.3 is 0 Å². The van der Waals surface area contributed by atoms with Gasteiger partial charge in [-0.2, -0.15) is 0 Å². The number of hydrogen-bond acceptors (Lipinski definition) is 0. The molecule has 98 valence electrons. The minimum absolute atomic E-state index is 0.828. The highest BCUT2D eigenvalue weighted by molar-refractivity contribution is 4.74. The van der Waals surface area contributed by atoms with Gasteiger partial charge in [-0.05, 0) is 48.3 Å². The van der Waals surface area contributed by atoms with E-state index in [0.29, 0.717) is 0 Å². The fourth-order valence-electron chi connectivity index (χ4n) is 2.74. The normalized spacial score (nSPS) is 18.2. The van der Waals surface area contributed by atoms with Gasteiger partial charge in [-0.3, -0.25) is 0 Å². The maximum absolute atomic E-state index is 2.46. The molecular formula is C16H34. The van der Waals surface area contributed by atoms with Crippen LogP contribution in [0, 0.1) is 35.5 Å². The molecule has 0 radical (unpaired) electrons. The molecule has 0 aliphatic heterocycles. The van der Waals surface area contributed by atoms with Crippen molar-refractivity contribution < 1.29 is 0 Å². The monoisotopic (exact) mass is 226 g/mol. The Labute approximate surface area is 104 Å². The molecule has 0 N–H and O–H groups in total. The Morgan fingerprint density at radius 2 is 1.06 bits per heavy atom. The zero-order valence-electron chi connectivity index (χ0n) is 12.9. The molecule has 0 aromatic carbocycles. The summed E-state index contributed by atoms with van der Waals surface area (Å²) in [6, 6.07) is 0. The third-order valence-electron chi connectivity index (χ3n) is 4.21. The van der Waals surface area contributed by atoms with Gasteiger partial charge in [0.15, 0.2) is 0 Å². The van der Waals surface area contributed by atoms with Gasteiger partial charge in [0.2, 0.25) is 0 Å². The molecule has 0 nitrogen and oxygen atoms in total. The van der Waals surface area contributed by atoms with Crippen LogP contribution in [0.4, 0.5) is 0 Å². The molecule has 0 heterocycles. The van der Waals surface area contributed by atoms with E-state index >= 15 is 0 Å². The summed E-state index contributed by atoms with van der Waals surface area (Å²) < 4.78 is 0. The van der Waals surface area contributed by atoms with E-state index in [1.807, 2.05) is 0 Å². The van der Waals surface area contributed by atoms with E-state index < -0.39 is 0 Å². The predicted octanol–water partition coefficient (Wildman–Crippen LogP) is 5.62. The lowest BCUT2D eigenvalue weighted by Gasteiger charge is -2.31. The molecule has 0 aliphatic carbocycles. The lowest BCUT2D eigenvalue weighted by Crippen LogP contribution is -2.23. The van der Waals surface area contributed by atoms with E-state index in [0.717, 1.165) is 35.5 Å². The van der Waals surface area contributed by atoms with Crippen LogP contribution in [-0.4, -0.2) is 0 Å². The van der Waals surface area contributed by atoms with Crippen LogP contribution in [0.3, 0.4) is 0 Å². The van der Waals surface area contributed by atoms with E-state index in [9.17, 15) is 0 Å². The number of hydrogen-bond donors (Lipinski definition) is 0. The van der Waals surface area contributed by atoms with Crippen LogP contribution in [-0.2, 0) is 0 Å². The first-order chi connectivity index (χ1) is 7.25. The largest absolute Gasteiger partial charge is 0.0628 e. The lowest BCUT2D eigenvalue weighted by atomic mass is 9.74. The molecule has 0 fully saturated rings. The average Bonchev–Trinajstić information content (AvgIpc) is 2.12. The van der Waals surface area contributed by atoms with Gasteiger partial charge in [0.25, 0.3) is 0 Å². The van der Waals surface area contributed by atoms with Crippen molar-refractivity contribution in [1.82, 2.24) is 0 Å². The summed E-state index contributed by atoms with van der Waals surface area (Å²) in [7, 11) is 0. The SMILES string of the molecule is CC(C)CC(C(C)C)C(C)CC(C)C(C)C. The first-order valence-electron chi connectivity index (χ1n) is 7.25. The minimum Gasteiger partial charge on any atom is -0.0628 e. The van der Waals surface area contributed by atoms with Gasteiger partial charge in [-0.15, -0.1) is 0 Å². The van der Waals surface area contributed by atoms with Crippen molar-refractivity contribution in [3.05, 3.63) is 0 Å². The van der Waals surface area contributed by atoms with E-state index in [1.54, 1.807) is 0 Å². The quantitative estimate of drug-likeness (QED) is 0.528. The van der Waals surface area contributed by atoms with Crippen LogP contribution in [0.1, 0.15) is 68.2 Å². The van der Waals surface area contributed by atoms with Crippen LogP contribution in [0.2, 0.25) is 0 Å². The topological polar surface area (TPSA) is 0 Å². The van der Waals surface area contributed by atoms with Crippen molar-refractivity contribution in [3.8, 4) is 0 Å². The summed E-state index contributed by atoms with van der Waals surface area (Å²) in [5.74, 6) is 5.14. The molecule has 0 amide bonds. The highest BCUT2D eigenvalue weighted by atomic mass is 14.3. The summed E-state index contributed by atoms with van der Waals surface area (Å²) in [5.41, 5.74) is 0. The van der Waals surface area contributed by atoms with Crippen molar-refractivity contribution >= 4 is 0 Å². The highest BCUT2D eigenvalue weighted by Crippen LogP contribution is 2.33. The molecule has 0 saturated carbocycles. The van der Waals surface area contributed by atoms with Gasteiger partial charge in [0, 0.05) is 0 Å². The molecule has 0 aliphatic rings. The summed E-state index contributed by atoms with van der Waals surface area (Å²) >= 11 is 0. The molecule has 0 aromatic rings. The Morgan fingerprint density at radius 3 is 1.38 bits per heavy atom. The van der Waals surface area contributed by atoms with Crippen LogP contribution >= 0.6 is 0 Å². The van der Waals surface area contributed by atoms with Crippen LogP contribution < -0.4 is 0 Å². The van der Waals surface area contributed by atoms with Gasteiger partial charge in [0.05, 0.1) is 0 Å². The maximum atomic E-state index is 2.46. The Bertz CT molecular complexity index is 167. The molecule has 0 saturated heterocycles. The third kappa shape index (κ3) is 5.92. The Kier molecular flexibility index (Phi) is 7.35. The van der Waals surface area contributed by atoms with Crippen LogP contribution in [0.5, 0.6) is 0 Å². The first kappa shape index (κ1) is 16.0. The maximum Gasteiger partial charge on any atom is -0.0363 e. The smallest absolute Gasteiger partial charge is 0.0363 e. The van der Waals surface area contributed by atoms with Crippen molar-refractivity contribution in [2.75, 3.05) is 0 Å². The molecule has 0 bridgehead atoms. The van der Waals surface area contributed by atoms with Gasteiger partial charge in [0.1, 0.15) is 0 Å². The lowest BCUT2D eigenvalue weighted by molar-refractivity contribution is 0.185. The van der Waals surface area contributed by atoms with Crippen molar-refractivity contribution in [2.45, 2.75) is 68.2 Å². The zero-order valence-corrected chi connectivity index (χ0v) is 12.9. The zero-order chi connectivity index (χ0) is 12.9. The second-order valence-corrected chi connectivity index (χ2v) is 6.97. The molecule has 0 heteroatoms. The Morgan fingerprint density at radius 1 is 0.562 bits per heavy atom. The second kappa shape index (κ2) is 7.35. The van der Waals surface area contributed by atoms with Gasteiger partial charge in [-0.25, -0.2) is 0 Å². The molecule has 0 rings (SSSR count). The number of rotatable bonds is 7. The van der Waals surface area contributed by atoms with E-state index in [-0.39, 0.29) is 0 Å². The van der Waals surface area contributed by atoms with Crippen molar-refractivity contribution in [3.63, 3.8) is 0 Å². The molecule has 3 unspecified atom stereocenters. The van der Waals surface area contributed by atoms with Crippen molar-refractivity contribution in [2.24, 2.45) is 35.5 Å². The minimum atomic E-state index is 0.828. The van der Waals surface area contributed by atoms with Gasteiger partial charge >= 0.3 is 0 Å². The standard InChI is InChI=1S/C16H34/c1-11(2)9-16(13(5)6)15(8)10-14(7)12(3)4/h11-16H,9-10H2,1-8H3. The van der Waals surface area contributed by atoms with Gasteiger partial charge in [-0.1, -0.05) is 55.4 Å². The van der Waals surface area contributed by atoms with E-state index in [1.165, 1.54) is 12.8 Å². The summed E-state index contributed by atoms with van der Waals surface area (Å²) in [6.07, 6.45) is 2.79. The Balaban J connectivity index is 4.32. The fourth-order valence-corrected chi connectivity index (χ4v) is 2.74. The van der Waals surface area contributed by atoms with Crippen molar-refractivity contribution in [1.29, 1.82) is 0 Å². The predicted molar refractivity (Wildman–Crippen MR) is 75.6 cm³/mol. The second-order valence-electron chi connectivity index (χ2n) is 6.97. The molecule has 0 spiro atoms. The molecule has 0 aromatic heterocycles. The highest BCUT2D eigenvalue weighted by Gasteiger charge is 2.24. The summed E-state index contributed by atoms with van der Waals surface area (Å²) in [4.78, 5) is 0. The first-order valence-corrected chi connectivity index (χ1v) is 7.25. The van der Waals surface area contributed by atoms with Crippen LogP contribution in [0.15, 0.2) is 0 Å². The molecule has 3 atom stereocenters. The fraction of sp³-hybridized carbons (Fsp3) is 1.00. The Hall–Kier alpha value is 0. The van der Waals surface area contributed by atoms with Crippen LogP contribution in [0.25, 0.3) is 0 Å². The third-order valence-corrected chi connectivity index (χ3v) is 4.21.